The predicted octanol–water partition coefficient (Wildman–Crippen LogP) is 4.90. The zero-order chi connectivity index (χ0) is 21.9. The van der Waals surface area contributed by atoms with E-state index in [-0.39, 0.29) is 17.1 Å². The van der Waals surface area contributed by atoms with Crippen molar-refractivity contribution in [2.45, 2.75) is 20.8 Å². The van der Waals surface area contributed by atoms with Crippen molar-refractivity contribution >= 4 is 22.5 Å². The maximum absolute atomic E-state index is 13.1. The number of carbonyl (C=O) groups excluding carboxylic acids is 1. The van der Waals surface area contributed by atoms with Crippen molar-refractivity contribution in [1.29, 1.82) is 5.41 Å². The van der Waals surface area contributed by atoms with Gasteiger partial charge in [-0.25, -0.2) is 4.39 Å². The van der Waals surface area contributed by atoms with E-state index in [1.165, 1.54) is 12.1 Å². The third-order valence-corrected chi connectivity index (χ3v) is 4.74. The number of allylic oxidation sites excluding steroid dienone is 1. The molecule has 3 rings (SSSR count). The number of carbonyl (C=O) groups is 1. The average Bonchev–Trinajstić information content (AvgIpc) is 2.72. The molecule has 30 heavy (non-hydrogen) atoms. The summed E-state index contributed by atoms with van der Waals surface area (Å²) in [6.07, 6.45) is 3.33. The van der Waals surface area contributed by atoms with Crippen molar-refractivity contribution in [3.8, 4) is 11.1 Å². The van der Waals surface area contributed by atoms with E-state index in [9.17, 15) is 9.18 Å². The van der Waals surface area contributed by atoms with E-state index in [1.807, 2.05) is 32.9 Å². The minimum absolute atomic E-state index is 0.282. The van der Waals surface area contributed by atoms with Crippen LogP contribution >= 0.6 is 0 Å². The molecule has 0 aliphatic rings. The molecule has 2 aromatic carbocycles. The predicted molar refractivity (Wildman–Crippen MR) is 119 cm³/mol. The molecule has 0 saturated heterocycles. The summed E-state index contributed by atoms with van der Waals surface area (Å²) in [6, 6.07) is 13.5. The fourth-order valence-electron chi connectivity index (χ4n) is 2.79. The molecule has 0 unspecified atom stereocenters. The van der Waals surface area contributed by atoms with Gasteiger partial charge in [0.15, 0.2) is 0 Å². The van der Waals surface area contributed by atoms with Gasteiger partial charge in [0, 0.05) is 40.9 Å². The maximum atomic E-state index is 13.1. The van der Waals surface area contributed by atoms with Crippen LogP contribution in [0.5, 0.6) is 0 Å². The molecule has 1 amide bonds. The zero-order valence-corrected chi connectivity index (χ0v) is 17.5. The summed E-state index contributed by atoms with van der Waals surface area (Å²) < 4.78 is 13.1. The van der Waals surface area contributed by atoms with Gasteiger partial charge in [-0.2, -0.15) is 0 Å². The van der Waals surface area contributed by atoms with Gasteiger partial charge in [0.25, 0.3) is 5.91 Å². The van der Waals surface area contributed by atoms with Crippen LogP contribution in [0.1, 0.15) is 31.1 Å². The molecule has 1 heterocycles. The Morgan fingerprint density at radius 3 is 2.40 bits per heavy atom. The number of hydrogen-bond acceptors (Lipinski definition) is 4. The molecule has 0 aliphatic heterocycles. The Morgan fingerprint density at radius 1 is 1.07 bits per heavy atom. The number of pyridine rings is 1. The van der Waals surface area contributed by atoms with Crippen LogP contribution in [0.3, 0.4) is 0 Å². The molecular weight excluding hydrogens is 379 g/mol. The summed E-state index contributed by atoms with van der Waals surface area (Å²) in [5.74, 6) is -0.112. The third kappa shape index (κ3) is 4.89. The number of fused-ring (bicyclic) bond motifs is 1. The number of halogens is 1. The average molecular weight is 404 g/mol. The van der Waals surface area contributed by atoms with E-state index in [2.05, 4.69) is 15.6 Å². The summed E-state index contributed by atoms with van der Waals surface area (Å²) in [7, 11) is 1.70. The molecule has 0 saturated carbocycles. The second kappa shape index (κ2) is 8.45. The second-order valence-electron chi connectivity index (χ2n) is 8.06. The van der Waals surface area contributed by atoms with E-state index in [1.54, 1.807) is 43.6 Å². The lowest BCUT2D eigenvalue weighted by molar-refractivity contribution is 0.0964. The molecule has 154 valence electrons. The van der Waals surface area contributed by atoms with E-state index in [4.69, 9.17) is 5.41 Å². The van der Waals surface area contributed by atoms with Crippen LogP contribution in [-0.4, -0.2) is 23.7 Å². The van der Waals surface area contributed by atoms with Crippen LogP contribution in [0.15, 0.2) is 66.6 Å². The van der Waals surface area contributed by atoms with Crippen molar-refractivity contribution in [3.05, 3.63) is 78.0 Å². The molecule has 3 N–H and O–H groups in total. The highest BCUT2D eigenvalue weighted by molar-refractivity contribution is 6.01. The molecule has 0 radical (unpaired) electrons. The molecule has 0 bridgehead atoms. The Bertz CT molecular complexity index is 1130. The number of rotatable bonds is 5. The number of benzene rings is 2. The largest absolute Gasteiger partial charge is 0.375 e. The van der Waals surface area contributed by atoms with Crippen LogP contribution in [0, 0.1) is 16.6 Å². The summed E-state index contributed by atoms with van der Waals surface area (Å²) in [5.41, 5.74) is 2.99. The standard InChI is InChI=1S/C24H25FN4O/c1-24(2,3)21(26)13-22(27-4)29-23(30)17-6-5-16-11-18(14-28-20(16)12-17)15-7-9-19(25)10-8-15/h5-14,26-27H,1-4H3,(H,29,30)/b22-13+,26-21?. The van der Waals surface area contributed by atoms with Crippen molar-refractivity contribution in [1.82, 2.24) is 15.6 Å². The van der Waals surface area contributed by atoms with Gasteiger partial charge < -0.3 is 16.0 Å². The van der Waals surface area contributed by atoms with Gasteiger partial charge in [0.1, 0.15) is 11.6 Å². The lowest BCUT2D eigenvalue weighted by Crippen LogP contribution is -2.31. The first kappa shape index (κ1) is 21.2. The van der Waals surface area contributed by atoms with Gasteiger partial charge >= 0.3 is 0 Å². The molecule has 6 heteroatoms. The Hall–Kier alpha value is -3.54. The van der Waals surface area contributed by atoms with Crippen molar-refractivity contribution in [2.24, 2.45) is 5.41 Å². The minimum Gasteiger partial charge on any atom is -0.375 e. The van der Waals surface area contributed by atoms with Gasteiger partial charge in [-0.05, 0) is 42.0 Å². The van der Waals surface area contributed by atoms with Crippen LogP contribution in [0.4, 0.5) is 4.39 Å². The first-order valence-electron chi connectivity index (χ1n) is 9.63. The van der Waals surface area contributed by atoms with E-state index >= 15 is 0 Å². The first-order chi connectivity index (χ1) is 14.2. The van der Waals surface area contributed by atoms with Crippen molar-refractivity contribution in [3.63, 3.8) is 0 Å². The number of aromatic nitrogens is 1. The number of hydrogen-bond donors (Lipinski definition) is 3. The Labute approximate surface area is 175 Å². The van der Waals surface area contributed by atoms with Crippen LogP contribution in [0.2, 0.25) is 0 Å². The van der Waals surface area contributed by atoms with E-state index < -0.39 is 0 Å². The highest BCUT2D eigenvalue weighted by Gasteiger charge is 2.17. The van der Waals surface area contributed by atoms with Crippen LogP contribution in [-0.2, 0) is 0 Å². The summed E-state index contributed by atoms with van der Waals surface area (Å²) >= 11 is 0. The molecular formula is C24H25FN4O. The van der Waals surface area contributed by atoms with Gasteiger partial charge in [0.05, 0.1) is 5.52 Å². The first-order valence-corrected chi connectivity index (χ1v) is 9.63. The Kier molecular flexibility index (Phi) is 5.96. The van der Waals surface area contributed by atoms with Gasteiger partial charge in [-0.15, -0.1) is 0 Å². The molecule has 0 atom stereocenters. The molecule has 3 aromatic rings. The monoisotopic (exact) mass is 404 g/mol. The van der Waals surface area contributed by atoms with Gasteiger partial charge in [-0.1, -0.05) is 39.0 Å². The Morgan fingerprint density at radius 2 is 1.77 bits per heavy atom. The summed E-state index contributed by atoms with van der Waals surface area (Å²) in [6.45, 7) is 5.82. The number of amides is 1. The number of nitrogens with zero attached hydrogens (tertiary/aromatic N) is 1. The van der Waals surface area contributed by atoms with E-state index in [0.717, 1.165) is 16.5 Å². The summed E-state index contributed by atoms with van der Waals surface area (Å²) in [4.78, 5) is 17.1. The van der Waals surface area contributed by atoms with Crippen LogP contribution in [0.25, 0.3) is 22.0 Å². The number of nitrogens with one attached hydrogen (secondary N) is 3. The lowest BCUT2D eigenvalue weighted by atomic mass is 9.90. The topological polar surface area (TPSA) is 77.9 Å². The van der Waals surface area contributed by atoms with Gasteiger partial charge in [0.2, 0.25) is 0 Å². The lowest BCUT2D eigenvalue weighted by Gasteiger charge is -2.18. The van der Waals surface area contributed by atoms with E-state index in [0.29, 0.717) is 22.6 Å². The fourth-order valence-corrected chi connectivity index (χ4v) is 2.79. The smallest absolute Gasteiger partial charge is 0.256 e. The fraction of sp³-hybridized carbons (Fsp3) is 0.208. The molecule has 0 spiro atoms. The maximum Gasteiger partial charge on any atom is 0.256 e. The van der Waals surface area contributed by atoms with Crippen molar-refractivity contribution in [2.75, 3.05) is 7.05 Å². The highest BCUT2D eigenvalue weighted by Crippen LogP contribution is 2.24. The second-order valence-corrected chi connectivity index (χ2v) is 8.06. The molecule has 0 fully saturated rings. The van der Waals surface area contributed by atoms with Crippen LogP contribution < -0.4 is 10.6 Å². The molecule has 5 nitrogen and oxygen atoms in total. The highest BCUT2D eigenvalue weighted by atomic mass is 19.1. The third-order valence-electron chi connectivity index (χ3n) is 4.74. The SMILES string of the molecule is CN/C(=C\C(=N)C(C)(C)C)NC(=O)c1ccc2cc(-c3ccc(F)cc3)cnc2c1. The normalized spacial score (nSPS) is 12.0. The minimum atomic E-state index is -0.318. The quantitative estimate of drug-likeness (QED) is 0.530. The summed E-state index contributed by atoms with van der Waals surface area (Å²) in [5, 5.41) is 14.7. The Balaban J connectivity index is 1.83. The zero-order valence-electron chi connectivity index (χ0n) is 17.5. The van der Waals surface area contributed by atoms with Crippen molar-refractivity contribution < 1.29 is 9.18 Å². The molecule has 0 aliphatic carbocycles. The van der Waals surface area contributed by atoms with Gasteiger partial charge in [-0.3, -0.25) is 9.78 Å². The molecule has 1 aromatic heterocycles.